The number of nitrogens with one attached hydrogen (secondary N) is 1. The quantitative estimate of drug-likeness (QED) is 0.548. The number of nitrogens with zero attached hydrogens (tertiary/aromatic N) is 1. The van der Waals surface area contributed by atoms with Gasteiger partial charge in [0.1, 0.15) is 0 Å². The van der Waals surface area contributed by atoms with Gasteiger partial charge in [-0.25, -0.2) is 0 Å². The van der Waals surface area contributed by atoms with Crippen molar-refractivity contribution in [2.24, 2.45) is 11.8 Å². The summed E-state index contributed by atoms with van der Waals surface area (Å²) in [5.74, 6) is 1.84. The molecule has 11 heavy (non-hydrogen) atoms. The van der Waals surface area contributed by atoms with Crippen LogP contribution in [-0.2, 0) is 0 Å². The maximum absolute atomic E-state index is 3.51. The highest BCUT2D eigenvalue weighted by molar-refractivity contribution is 4.89. The van der Waals surface area contributed by atoms with Gasteiger partial charge in [-0.15, -0.1) is 0 Å². The summed E-state index contributed by atoms with van der Waals surface area (Å²) in [5.41, 5.74) is 0. The van der Waals surface area contributed by atoms with Crippen molar-refractivity contribution in [2.75, 3.05) is 26.7 Å². The number of hydrogen-bond donors (Lipinski definition) is 1. The van der Waals surface area contributed by atoms with E-state index in [0.29, 0.717) is 0 Å². The zero-order valence-electron chi connectivity index (χ0n) is 7.51. The highest BCUT2D eigenvalue weighted by Crippen LogP contribution is 2.28. The van der Waals surface area contributed by atoms with Crippen molar-refractivity contribution in [3.8, 4) is 0 Å². The van der Waals surface area contributed by atoms with Gasteiger partial charge in [-0.3, -0.25) is 0 Å². The zero-order chi connectivity index (χ0) is 7.84. The van der Waals surface area contributed by atoms with E-state index < -0.39 is 0 Å². The molecule has 0 aromatic rings. The second-order valence-corrected chi connectivity index (χ2v) is 4.20. The first-order valence-electron chi connectivity index (χ1n) is 4.68. The van der Waals surface area contributed by atoms with Crippen molar-refractivity contribution in [2.45, 2.75) is 19.4 Å². The van der Waals surface area contributed by atoms with Gasteiger partial charge in [-0.2, -0.15) is 0 Å². The Morgan fingerprint density at radius 1 is 1.36 bits per heavy atom. The third kappa shape index (κ3) is 1.30. The van der Waals surface area contributed by atoms with Crippen molar-refractivity contribution in [1.29, 1.82) is 0 Å². The minimum absolute atomic E-state index is 0.791. The molecular formula is C9H18N2. The van der Waals surface area contributed by atoms with Gasteiger partial charge in [0.25, 0.3) is 0 Å². The topological polar surface area (TPSA) is 15.3 Å². The minimum Gasteiger partial charge on any atom is -0.316 e. The van der Waals surface area contributed by atoms with Crippen LogP contribution in [0.25, 0.3) is 0 Å². The van der Waals surface area contributed by atoms with Crippen molar-refractivity contribution in [3.05, 3.63) is 0 Å². The molecule has 2 heteroatoms. The van der Waals surface area contributed by atoms with E-state index in [4.69, 9.17) is 0 Å². The fraction of sp³-hybridized carbons (Fsp3) is 1.00. The van der Waals surface area contributed by atoms with Crippen molar-refractivity contribution in [3.63, 3.8) is 0 Å². The first-order chi connectivity index (χ1) is 5.27. The molecule has 2 heterocycles. The maximum Gasteiger partial charge on any atom is 0.0104 e. The number of likely N-dealkylation sites (tertiary alicyclic amines) is 1. The fourth-order valence-corrected chi connectivity index (χ4v) is 2.51. The molecule has 0 unspecified atom stereocenters. The maximum atomic E-state index is 3.51. The largest absolute Gasteiger partial charge is 0.316 e. The molecule has 2 fully saturated rings. The lowest BCUT2D eigenvalue weighted by molar-refractivity contribution is 0.0648. The average molecular weight is 154 g/mol. The van der Waals surface area contributed by atoms with E-state index in [2.05, 4.69) is 24.2 Å². The highest BCUT2D eigenvalue weighted by atomic mass is 15.2. The summed E-state index contributed by atoms with van der Waals surface area (Å²) in [5, 5.41) is 3.51. The van der Waals surface area contributed by atoms with Crippen LogP contribution in [-0.4, -0.2) is 37.6 Å². The summed E-state index contributed by atoms with van der Waals surface area (Å²) < 4.78 is 0. The Labute approximate surface area is 69.0 Å². The SMILES string of the molecule is C[C@@H]1[C@H]2CNC[C@H](C2)CN1C. The molecule has 0 aromatic heterocycles. The van der Waals surface area contributed by atoms with Crippen LogP contribution in [0.3, 0.4) is 0 Å². The summed E-state index contributed by atoms with van der Waals surface area (Å²) in [7, 11) is 2.26. The van der Waals surface area contributed by atoms with Crippen LogP contribution in [0.15, 0.2) is 0 Å². The molecule has 1 N–H and O–H groups in total. The molecule has 0 aromatic carbocycles. The molecule has 0 amide bonds. The first kappa shape index (κ1) is 7.56. The van der Waals surface area contributed by atoms with E-state index in [1.165, 1.54) is 26.1 Å². The van der Waals surface area contributed by atoms with Gasteiger partial charge in [0, 0.05) is 12.6 Å². The monoisotopic (exact) mass is 154 g/mol. The predicted molar refractivity (Wildman–Crippen MR) is 46.6 cm³/mol. The smallest absolute Gasteiger partial charge is 0.0104 e. The Morgan fingerprint density at radius 3 is 3.00 bits per heavy atom. The van der Waals surface area contributed by atoms with Gasteiger partial charge >= 0.3 is 0 Å². The Kier molecular flexibility index (Phi) is 1.90. The molecule has 2 bridgehead atoms. The summed E-state index contributed by atoms with van der Waals surface area (Å²) in [6.45, 7) is 6.13. The molecule has 0 spiro atoms. The molecule has 64 valence electrons. The van der Waals surface area contributed by atoms with Crippen LogP contribution in [0.1, 0.15) is 13.3 Å². The van der Waals surface area contributed by atoms with Crippen molar-refractivity contribution >= 4 is 0 Å². The summed E-state index contributed by atoms with van der Waals surface area (Å²) in [4.78, 5) is 2.51. The van der Waals surface area contributed by atoms with Crippen LogP contribution >= 0.6 is 0 Å². The van der Waals surface area contributed by atoms with Gasteiger partial charge in [0.2, 0.25) is 0 Å². The molecule has 2 saturated heterocycles. The Hall–Kier alpha value is -0.0800. The van der Waals surface area contributed by atoms with E-state index in [9.17, 15) is 0 Å². The van der Waals surface area contributed by atoms with Gasteiger partial charge in [0.15, 0.2) is 0 Å². The Balaban J connectivity index is 2.05. The summed E-state index contributed by atoms with van der Waals surface area (Å²) in [6.07, 6.45) is 1.46. The number of fused-ring (bicyclic) bond motifs is 2. The zero-order valence-corrected chi connectivity index (χ0v) is 7.51. The molecule has 2 aliphatic rings. The Morgan fingerprint density at radius 2 is 2.18 bits per heavy atom. The molecule has 0 saturated carbocycles. The normalized spacial score (nSPS) is 45.8. The van der Waals surface area contributed by atoms with Crippen LogP contribution in [0.4, 0.5) is 0 Å². The highest BCUT2D eigenvalue weighted by Gasteiger charge is 2.33. The van der Waals surface area contributed by atoms with Crippen molar-refractivity contribution in [1.82, 2.24) is 10.2 Å². The van der Waals surface area contributed by atoms with Crippen molar-refractivity contribution < 1.29 is 0 Å². The van der Waals surface area contributed by atoms with Crippen LogP contribution in [0.2, 0.25) is 0 Å². The van der Waals surface area contributed by atoms with E-state index >= 15 is 0 Å². The minimum atomic E-state index is 0.791. The molecule has 2 aliphatic heterocycles. The second-order valence-electron chi connectivity index (χ2n) is 4.20. The number of rotatable bonds is 0. The fourth-order valence-electron chi connectivity index (χ4n) is 2.51. The van der Waals surface area contributed by atoms with Gasteiger partial charge in [-0.05, 0) is 45.3 Å². The molecule has 0 radical (unpaired) electrons. The second kappa shape index (κ2) is 2.76. The molecule has 2 rings (SSSR count). The lowest BCUT2D eigenvalue weighted by Gasteiger charge is -2.45. The average Bonchev–Trinajstić information content (AvgIpc) is 2.01. The van der Waals surface area contributed by atoms with Crippen LogP contribution < -0.4 is 5.32 Å². The molecule has 0 aliphatic carbocycles. The predicted octanol–water partition coefficient (Wildman–Crippen LogP) is 0.546. The number of piperidine rings is 2. The van der Waals surface area contributed by atoms with E-state index in [1.807, 2.05) is 0 Å². The molecular weight excluding hydrogens is 136 g/mol. The molecule has 2 nitrogen and oxygen atoms in total. The van der Waals surface area contributed by atoms with Crippen LogP contribution in [0.5, 0.6) is 0 Å². The third-order valence-electron chi connectivity index (χ3n) is 3.40. The summed E-state index contributed by atoms with van der Waals surface area (Å²) in [6, 6.07) is 0.791. The Bertz CT molecular complexity index is 144. The van der Waals surface area contributed by atoms with E-state index in [-0.39, 0.29) is 0 Å². The molecule has 3 atom stereocenters. The van der Waals surface area contributed by atoms with Gasteiger partial charge in [-0.1, -0.05) is 0 Å². The van der Waals surface area contributed by atoms with E-state index in [1.54, 1.807) is 0 Å². The van der Waals surface area contributed by atoms with Crippen LogP contribution in [0, 0.1) is 11.8 Å². The lowest BCUT2D eigenvalue weighted by atomic mass is 9.81. The third-order valence-corrected chi connectivity index (χ3v) is 3.40. The van der Waals surface area contributed by atoms with Gasteiger partial charge in [0.05, 0.1) is 0 Å². The van der Waals surface area contributed by atoms with Gasteiger partial charge < -0.3 is 10.2 Å². The number of hydrogen-bond acceptors (Lipinski definition) is 2. The van der Waals surface area contributed by atoms with E-state index in [0.717, 1.165) is 17.9 Å². The standard InChI is InChI=1S/C9H18N2/c1-7-9-3-8(4-10-5-9)6-11(7)2/h7-10H,3-6H2,1-2H3/t7-,8+,9-/m1/s1. The summed E-state index contributed by atoms with van der Waals surface area (Å²) >= 11 is 0. The lowest BCUT2D eigenvalue weighted by Crippen LogP contribution is -2.54. The first-order valence-corrected chi connectivity index (χ1v) is 4.68.